The summed E-state index contributed by atoms with van der Waals surface area (Å²) in [6.45, 7) is 3.69. The Morgan fingerprint density at radius 3 is 2.26 bits per heavy atom. The topological polar surface area (TPSA) is 80.6 Å². The molecule has 0 bridgehead atoms. The predicted octanol–water partition coefficient (Wildman–Crippen LogP) is 5.59. The molecular weight excluding hydrogens is 413 g/mol. The summed E-state index contributed by atoms with van der Waals surface area (Å²) >= 11 is 0. The molecule has 0 spiro atoms. The van der Waals surface area contributed by atoms with Crippen LogP contribution in [-0.4, -0.2) is 17.9 Å². The van der Waals surface area contributed by atoms with Crippen molar-refractivity contribution >= 4 is 23.2 Å². The summed E-state index contributed by atoms with van der Waals surface area (Å²) in [5.41, 5.74) is -1.46. The highest BCUT2D eigenvalue weighted by atomic mass is 19.4. The standard InChI is InChI=1S/C22H19F3N2O4/c1-13(2)31-16-8-5-14(6-9-16)20(28)27-18-10-7-15(12-17(18)22(23,24)25)26-21(29)19-4-3-11-30-19/h3-13H,1-2H3,(H,26,29)(H,27,28). The fourth-order valence-electron chi connectivity index (χ4n) is 2.72. The minimum absolute atomic E-state index is 0.0455. The van der Waals surface area contributed by atoms with E-state index in [4.69, 9.17) is 9.15 Å². The number of rotatable bonds is 6. The maximum absolute atomic E-state index is 13.6. The molecule has 0 aliphatic heterocycles. The number of benzene rings is 2. The fourth-order valence-corrected chi connectivity index (χ4v) is 2.72. The number of anilines is 2. The number of carbonyl (C=O) groups is 2. The lowest BCUT2D eigenvalue weighted by Crippen LogP contribution is -2.18. The molecule has 0 saturated heterocycles. The van der Waals surface area contributed by atoms with E-state index >= 15 is 0 Å². The number of carbonyl (C=O) groups excluding carboxylic acids is 2. The van der Waals surface area contributed by atoms with Gasteiger partial charge in [-0.1, -0.05) is 0 Å². The SMILES string of the molecule is CC(C)Oc1ccc(C(=O)Nc2ccc(NC(=O)c3ccco3)cc2C(F)(F)F)cc1. The Hall–Kier alpha value is -3.75. The molecule has 2 aromatic carbocycles. The predicted molar refractivity (Wildman–Crippen MR) is 108 cm³/mol. The van der Waals surface area contributed by atoms with Gasteiger partial charge in [0.25, 0.3) is 11.8 Å². The second-order valence-electron chi connectivity index (χ2n) is 6.83. The first-order valence-electron chi connectivity index (χ1n) is 9.27. The Balaban J connectivity index is 1.80. The number of hydrogen-bond donors (Lipinski definition) is 2. The smallest absolute Gasteiger partial charge is 0.418 e. The highest BCUT2D eigenvalue weighted by Crippen LogP contribution is 2.37. The third-order valence-electron chi connectivity index (χ3n) is 4.06. The second kappa shape index (κ2) is 8.95. The van der Waals surface area contributed by atoms with Crippen LogP contribution in [-0.2, 0) is 6.18 Å². The van der Waals surface area contributed by atoms with Crippen molar-refractivity contribution in [2.24, 2.45) is 0 Å². The highest BCUT2D eigenvalue weighted by Gasteiger charge is 2.34. The zero-order chi connectivity index (χ0) is 22.6. The molecule has 3 aromatic rings. The zero-order valence-corrected chi connectivity index (χ0v) is 16.6. The van der Waals surface area contributed by atoms with Gasteiger partial charge < -0.3 is 19.8 Å². The molecule has 162 valence electrons. The van der Waals surface area contributed by atoms with Gasteiger partial charge in [-0.05, 0) is 68.4 Å². The fraction of sp³-hybridized carbons (Fsp3) is 0.182. The van der Waals surface area contributed by atoms with Crippen molar-refractivity contribution in [1.82, 2.24) is 0 Å². The summed E-state index contributed by atoms with van der Waals surface area (Å²) in [6, 6.07) is 12.0. The maximum Gasteiger partial charge on any atom is 0.418 e. The van der Waals surface area contributed by atoms with Crippen LogP contribution in [0.3, 0.4) is 0 Å². The van der Waals surface area contributed by atoms with Gasteiger partial charge in [-0.25, -0.2) is 0 Å². The monoisotopic (exact) mass is 432 g/mol. The van der Waals surface area contributed by atoms with Crippen LogP contribution in [0, 0.1) is 0 Å². The largest absolute Gasteiger partial charge is 0.491 e. The van der Waals surface area contributed by atoms with E-state index in [1.54, 1.807) is 12.1 Å². The van der Waals surface area contributed by atoms with E-state index in [0.29, 0.717) is 5.75 Å². The van der Waals surface area contributed by atoms with Gasteiger partial charge in [0.1, 0.15) is 5.75 Å². The first-order chi connectivity index (χ1) is 14.6. The van der Waals surface area contributed by atoms with E-state index in [1.165, 1.54) is 36.6 Å². The van der Waals surface area contributed by atoms with Gasteiger partial charge in [-0.2, -0.15) is 13.2 Å². The normalized spacial score (nSPS) is 11.3. The molecule has 1 aromatic heterocycles. The van der Waals surface area contributed by atoms with Gasteiger partial charge in [0.2, 0.25) is 0 Å². The lowest BCUT2D eigenvalue weighted by atomic mass is 10.1. The van der Waals surface area contributed by atoms with Crippen molar-refractivity contribution in [3.8, 4) is 5.75 Å². The van der Waals surface area contributed by atoms with Crippen molar-refractivity contribution < 1.29 is 31.9 Å². The summed E-state index contributed by atoms with van der Waals surface area (Å²) in [4.78, 5) is 24.5. The molecule has 0 aliphatic carbocycles. The molecule has 31 heavy (non-hydrogen) atoms. The lowest BCUT2D eigenvalue weighted by Gasteiger charge is -2.16. The van der Waals surface area contributed by atoms with Gasteiger partial charge in [0.15, 0.2) is 5.76 Å². The summed E-state index contributed by atoms with van der Waals surface area (Å²) < 4.78 is 51.1. The van der Waals surface area contributed by atoms with Crippen LogP contribution < -0.4 is 15.4 Å². The number of nitrogens with one attached hydrogen (secondary N) is 2. The summed E-state index contributed by atoms with van der Waals surface area (Å²) in [7, 11) is 0. The average molecular weight is 432 g/mol. The van der Waals surface area contributed by atoms with Gasteiger partial charge in [0, 0.05) is 11.3 Å². The van der Waals surface area contributed by atoms with Crippen molar-refractivity contribution in [2.45, 2.75) is 26.1 Å². The number of amides is 2. The van der Waals surface area contributed by atoms with Gasteiger partial charge in [0.05, 0.1) is 23.6 Å². The summed E-state index contributed by atoms with van der Waals surface area (Å²) in [6.07, 6.45) is -3.54. The molecule has 0 unspecified atom stereocenters. The van der Waals surface area contributed by atoms with Crippen molar-refractivity contribution in [1.29, 1.82) is 0 Å². The molecular formula is C22H19F3N2O4. The van der Waals surface area contributed by atoms with Crippen molar-refractivity contribution in [3.05, 3.63) is 77.7 Å². The third-order valence-corrected chi connectivity index (χ3v) is 4.06. The maximum atomic E-state index is 13.6. The van der Waals surface area contributed by atoms with Crippen LogP contribution in [0.25, 0.3) is 0 Å². The Morgan fingerprint density at radius 2 is 1.68 bits per heavy atom. The Labute approximate surface area is 176 Å². The van der Waals surface area contributed by atoms with E-state index < -0.39 is 29.2 Å². The van der Waals surface area contributed by atoms with Crippen LogP contribution in [0.1, 0.15) is 40.3 Å². The molecule has 0 fully saturated rings. The van der Waals surface area contributed by atoms with Crippen LogP contribution in [0.2, 0.25) is 0 Å². The van der Waals surface area contributed by atoms with Gasteiger partial charge in [-0.3, -0.25) is 9.59 Å². The van der Waals surface area contributed by atoms with E-state index in [0.717, 1.165) is 12.1 Å². The molecule has 0 saturated carbocycles. The van der Waals surface area contributed by atoms with Crippen molar-refractivity contribution in [3.63, 3.8) is 0 Å². The lowest BCUT2D eigenvalue weighted by molar-refractivity contribution is -0.136. The van der Waals surface area contributed by atoms with Crippen LogP contribution in [0.15, 0.2) is 65.3 Å². The quantitative estimate of drug-likeness (QED) is 0.532. The molecule has 3 rings (SSSR count). The number of hydrogen-bond acceptors (Lipinski definition) is 4. The van der Waals surface area contributed by atoms with E-state index in [-0.39, 0.29) is 23.1 Å². The van der Waals surface area contributed by atoms with Crippen molar-refractivity contribution in [2.75, 3.05) is 10.6 Å². The molecule has 1 heterocycles. The molecule has 0 radical (unpaired) electrons. The number of halogens is 3. The summed E-state index contributed by atoms with van der Waals surface area (Å²) in [5, 5.41) is 4.60. The van der Waals surface area contributed by atoms with E-state index in [9.17, 15) is 22.8 Å². The third kappa shape index (κ3) is 5.65. The molecule has 2 amide bonds. The highest BCUT2D eigenvalue weighted by molar-refractivity contribution is 6.05. The number of ether oxygens (including phenoxy) is 1. The van der Waals surface area contributed by atoms with Crippen LogP contribution in [0.4, 0.5) is 24.5 Å². The Kier molecular flexibility index (Phi) is 6.33. The molecule has 0 aliphatic rings. The number of alkyl halides is 3. The van der Waals surface area contributed by atoms with Gasteiger partial charge >= 0.3 is 6.18 Å². The molecule has 6 nitrogen and oxygen atoms in total. The number of furan rings is 1. The second-order valence-corrected chi connectivity index (χ2v) is 6.83. The molecule has 0 atom stereocenters. The first kappa shape index (κ1) is 21.9. The zero-order valence-electron chi connectivity index (χ0n) is 16.6. The summed E-state index contributed by atoms with van der Waals surface area (Å²) in [5.74, 6) is -0.914. The Bertz CT molecular complexity index is 1060. The van der Waals surface area contributed by atoms with Crippen LogP contribution >= 0.6 is 0 Å². The van der Waals surface area contributed by atoms with Crippen LogP contribution in [0.5, 0.6) is 5.75 Å². The average Bonchev–Trinajstić information content (AvgIpc) is 3.23. The molecule has 2 N–H and O–H groups in total. The Morgan fingerprint density at radius 1 is 0.968 bits per heavy atom. The van der Waals surface area contributed by atoms with E-state index in [1.807, 2.05) is 13.8 Å². The van der Waals surface area contributed by atoms with Gasteiger partial charge in [-0.15, -0.1) is 0 Å². The van der Waals surface area contributed by atoms with E-state index in [2.05, 4.69) is 10.6 Å². The first-order valence-corrected chi connectivity index (χ1v) is 9.27. The minimum Gasteiger partial charge on any atom is -0.491 e. The molecule has 9 heteroatoms. The minimum atomic E-state index is -4.76.